The minimum absolute atomic E-state index is 0.774. The predicted octanol–water partition coefficient (Wildman–Crippen LogP) is 2.01. The summed E-state index contributed by atoms with van der Waals surface area (Å²) >= 11 is 0. The van der Waals surface area contributed by atoms with Crippen LogP contribution in [0.5, 0.6) is 0 Å². The summed E-state index contributed by atoms with van der Waals surface area (Å²) < 4.78 is 6.67. The zero-order valence-electron chi connectivity index (χ0n) is 7.29. The highest BCUT2D eigenvalue weighted by Gasteiger charge is 2.06. The van der Waals surface area contributed by atoms with Gasteiger partial charge < -0.3 is 4.57 Å². The maximum Gasteiger partial charge on any atom is 0.159 e. The molecule has 0 fully saturated rings. The van der Waals surface area contributed by atoms with Gasteiger partial charge in [0.05, 0.1) is 5.69 Å². The number of aromatic nitrogens is 3. The Kier molecular flexibility index (Phi) is 1.41. The van der Waals surface area contributed by atoms with Gasteiger partial charge in [-0.05, 0) is 34.6 Å². The first-order chi connectivity index (χ1) is 6.95. The van der Waals surface area contributed by atoms with Crippen LogP contribution < -0.4 is 0 Å². The van der Waals surface area contributed by atoms with Gasteiger partial charge in [0.2, 0.25) is 0 Å². The molecule has 0 aliphatic carbocycles. The normalized spacial score (nSPS) is 10.9. The Morgan fingerprint density at radius 1 is 1.00 bits per heavy atom. The van der Waals surface area contributed by atoms with E-state index in [-0.39, 0.29) is 0 Å². The van der Waals surface area contributed by atoms with E-state index in [1.807, 2.05) is 47.3 Å². The van der Waals surface area contributed by atoms with E-state index >= 15 is 0 Å². The molecule has 3 aromatic rings. The maximum absolute atomic E-state index is 4.69. The minimum Gasteiger partial charge on any atom is -0.322 e. The second-order valence-corrected chi connectivity index (χ2v) is 3.00. The number of fused-ring (bicyclic) bond motifs is 1. The van der Waals surface area contributed by atoms with Gasteiger partial charge in [-0.25, -0.2) is 4.63 Å². The van der Waals surface area contributed by atoms with Crippen LogP contribution in [0.4, 0.5) is 0 Å². The molecule has 0 N–H and O–H groups in total. The molecule has 0 bridgehead atoms. The molecule has 1 aromatic carbocycles. The summed E-state index contributed by atoms with van der Waals surface area (Å²) in [5, 5.41) is 7.66. The number of nitrogens with zero attached hydrogens (tertiary/aromatic N) is 3. The topological polar surface area (TPSA) is 43.9 Å². The van der Waals surface area contributed by atoms with E-state index in [0.717, 1.165) is 16.7 Å². The van der Waals surface area contributed by atoms with Gasteiger partial charge in [0, 0.05) is 12.4 Å². The van der Waals surface area contributed by atoms with Gasteiger partial charge in [0.25, 0.3) is 0 Å². The third kappa shape index (κ3) is 0.939. The molecule has 0 spiro atoms. The third-order valence-corrected chi connectivity index (χ3v) is 2.15. The van der Waals surface area contributed by atoms with E-state index in [1.54, 1.807) is 0 Å². The summed E-state index contributed by atoms with van der Waals surface area (Å²) in [6, 6.07) is 9.71. The zero-order valence-corrected chi connectivity index (χ0v) is 7.29. The third-order valence-electron chi connectivity index (χ3n) is 2.15. The molecule has 0 amide bonds. The largest absolute Gasteiger partial charge is 0.322 e. The molecule has 2 aromatic heterocycles. The molecule has 0 radical (unpaired) electrons. The van der Waals surface area contributed by atoms with E-state index in [1.165, 1.54) is 0 Å². The zero-order chi connectivity index (χ0) is 9.38. The lowest BCUT2D eigenvalue weighted by Gasteiger charge is -2.00. The number of hydrogen-bond acceptors (Lipinski definition) is 3. The van der Waals surface area contributed by atoms with Crippen molar-refractivity contribution in [3.05, 3.63) is 42.7 Å². The van der Waals surface area contributed by atoms with Crippen molar-refractivity contribution < 1.29 is 4.63 Å². The van der Waals surface area contributed by atoms with Gasteiger partial charge in [-0.15, -0.1) is 0 Å². The minimum atomic E-state index is 0.774. The summed E-state index contributed by atoms with van der Waals surface area (Å²) in [4.78, 5) is 0. The predicted molar refractivity (Wildman–Crippen MR) is 51.1 cm³/mol. The average Bonchev–Trinajstić information content (AvgIpc) is 2.88. The molecule has 0 atom stereocenters. The Morgan fingerprint density at radius 3 is 2.71 bits per heavy atom. The molecule has 0 aliphatic rings. The Balaban J connectivity index is 2.36. The van der Waals surface area contributed by atoms with Crippen LogP contribution in [0.2, 0.25) is 0 Å². The Hall–Kier alpha value is -2.10. The Morgan fingerprint density at radius 2 is 1.86 bits per heavy atom. The Bertz CT molecular complexity index is 554. The van der Waals surface area contributed by atoms with E-state index < -0.39 is 0 Å². The second-order valence-electron chi connectivity index (χ2n) is 3.00. The molecule has 2 heterocycles. The smallest absolute Gasteiger partial charge is 0.159 e. The van der Waals surface area contributed by atoms with E-state index in [0.29, 0.717) is 0 Å². The first-order valence-electron chi connectivity index (χ1n) is 4.30. The van der Waals surface area contributed by atoms with Crippen molar-refractivity contribution in [1.29, 1.82) is 0 Å². The van der Waals surface area contributed by atoms with Crippen LogP contribution in [-0.2, 0) is 0 Å². The van der Waals surface area contributed by atoms with E-state index in [2.05, 4.69) is 10.3 Å². The van der Waals surface area contributed by atoms with Crippen LogP contribution in [0.15, 0.2) is 47.4 Å². The van der Waals surface area contributed by atoms with Crippen LogP contribution in [0.1, 0.15) is 0 Å². The lowest BCUT2D eigenvalue weighted by atomic mass is 10.2. The standard InChI is InChI=1S/C10H7N3O/c1-2-7-13(6-1)9-5-3-4-8-10(9)12-14-11-8/h1-7H. The molecule has 0 saturated heterocycles. The average molecular weight is 185 g/mol. The highest BCUT2D eigenvalue weighted by molar-refractivity contribution is 5.82. The lowest BCUT2D eigenvalue weighted by molar-refractivity contribution is 0.315. The monoisotopic (exact) mass is 185 g/mol. The number of hydrogen-bond donors (Lipinski definition) is 0. The van der Waals surface area contributed by atoms with Crippen molar-refractivity contribution >= 4 is 11.0 Å². The first kappa shape index (κ1) is 7.32. The SMILES string of the molecule is c1cc(-n2cccc2)c2nonc2c1. The first-order valence-corrected chi connectivity index (χ1v) is 4.30. The molecular weight excluding hydrogens is 178 g/mol. The molecule has 0 aliphatic heterocycles. The van der Waals surface area contributed by atoms with Crippen LogP contribution in [0, 0.1) is 0 Å². The molecule has 3 rings (SSSR count). The van der Waals surface area contributed by atoms with Gasteiger partial charge in [-0.3, -0.25) is 0 Å². The van der Waals surface area contributed by atoms with Crippen molar-refractivity contribution in [3.8, 4) is 5.69 Å². The lowest BCUT2D eigenvalue weighted by Crippen LogP contribution is -1.90. The summed E-state index contributed by atoms with van der Waals surface area (Å²) in [7, 11) is 0. The molecule has 14 heavy (non-hydrogen) atoms. The van der Waals surface area contributed by atoms with Gasteiger partial charge in [0.15, 0.2) is 5.52 Å². The molecule has 4 nitrogen and oxygen atoms in total. The molecular formula is C10H7N3O. The van der Waals surface area contributed by atoms with Crippen molar-refractivity contribution in [3.63, 3.8) is 0 Å². The van der Waals surface area contributed by atoms with E-state index in [9.17, 15) is 0 Å². The van der Waals surface area contributed by atoms with Crippen LogP contribution >= 0.6 is 0 Å². The molecule has 0 unspecified atom stereocenters. The van der Waals surface area contributed by atoms with Crippen molar-refractivity contribution in [2.24, 2.45) is 0 Å². The Labute approximate surface area is 79.7 Å². The van der Waals surface area contributed by atoms with Gasteiger partial charge in [-0.2, -0.15) is 0 Å². The highest BCUT2D eigenvalue weighted by atomic mass is 16.6. The maximum atomic E-state index is 4.69. The fraction of sp³-hybridized carbons (Fsp3) is 0. The van der Waals surface area contributed by atoms with Crippen LogP contribution in [-0.4, -0.2) is 14.9 Å². The number of benzene rings is 1. The van der Waals surface area contributed by atoms with Crippen molar-refractivity contribution in [1.82, 2.24) is 14.9 Å². The van der Waals surface area contributed by atoms with Crippen LogP contribution in [0.25, 0.3) is 16.7 Å². The van der Waals surface area contributed by atoms with Crippen molar-refractivity contribution in [2.75, 3.05) is 0 Å². The summed E-state index contributed by atoms with van der Waals surface area (Å²) in [5.41, 5.74) is 2.54. The van der Waals surface area contributed by atoms with Crippen molar-refractivity contribution in [2.45, 2.75) is 0 Å². The fourth-order valence-corrected chi connectivity index (χ4v) is 1.50. The molecule has 68 valence electrons. The quantitative estimate of drug-likeness (QED) is 0.582. The summed E-state index contributed by atoms with van der Waals surface area (Å²) in [6.07, 6.45) is 3.92. The summed E-state index contributed by atoms with van der Waals surface area (Å²) in [5.74, 6) is 0. The van der Waals surface area contributed by atoms with Gasteiger partial charge >= 0.3 is 0 Å². The fourth-order valence-electron chi connectivity index (χ4n) is 1.50. The second kappa shape index (κ2) is 2.70. The van der Waals surface area contributed by atoms with Gasteiger partial charge in [0.1, 0.15) is 5.52 Å². The molecule has 4 heteroatoms. The highest BCUT2D eigenvalue weighted by Crippen LogP contribution is 2.18. The van der Waals surface area contributed by atoms with Gasteiger partial charge in [-0.1, -0.05) is 6.07 Å². The van der Waals surface area contributed by atoms with Crippen LogP contribution in [0.3, 0.4) is 0 Å². The molecule has 0 saturated carbocycles. The number of rotatable bonds is 1. The van der Waals surface area contributed by atoms with E-state index in [4.69, 9.17) is 4.63 Å². The summed E-state index contributed by atoms with van der Waals surface area (Å²) in [6.45, 7) is 0.